The third-order valence-corrected chi connectivity index (χ3v) is 1.12. The first kappa shape index (κ1) is 16.5. The Morgan fingerprint density at radius 1 is 1.27 bits per heavy atom. The zero-order valence-corrected chi connectivity index (χ0v) is 9.31. The molecule has 0 rings (SSSR count). The van der Waals surface area contributed by atoms with E-state index in [0.29, 0.717) is 19.8 Å². The van der Waals surface area contributed by atoms with Gasteiger partial charge in [0.25, 0.3) is 0 Å². The lowest BCUT2D eigenvalue weighted by Gasteiger charge is -2.00. The van der Waals surface area contributed by atoms with E-state index in [0.717, 1.165) is 12.7 Å². The molecule has 0 amide bonds. The van der Waals surface area contributed by atoms with Gasteiger partial charge in [-0.2, -0.15) is 0 Å². The van der Waals surface area contributed by atoms with Crippen molar-refractivity contribution >= 4 is 5.97 Å². The zero-order valence-electron chi connectivity index (χ0n) is 9.31. The Morgan fingerprint density at radius 2 is 1.87 bits per heavy atom. The number of hydrogen-bond donors (Lipinski definition) is 2. The molecule has 90 valence electrons. The van der Waals surface area contributed by atoms with E-state index in [1.54, 1.807) is 6.92 Å². The summed E-state index contributed by atoms with van der Waals surface area (Å²) in [6, 6.07) is 0. The highest BCUT2D eigenvalue weighted by molar-refractivity contribution is 5.79. The van der Waals surface area contributed by atoms with Gasteiger partial charge >= 0.3 is 5.97 Å². The van der Waals surface area contributed by atoms with E-state index in [-0.39, 0.29) is 6.61 Å². The van der Waals surface area contributed by atoms with Crippen molar-refractivity contribution in [2.75, 3.05) is 33.0 Å². The Kier molecular flexibility index (Phi) is 17.1. The van der Waals surface area contributed by atoms with E-state index in [1.807, 2.05) is 6.92 Å². The van der Waals surface area contributed by atoms with Crippen molar-refractivity contribution in [2.45, 2.75) is 13.8 Å². The summed E-state index contributed by atoms with van der Waals surface area (Å²) < 4.78 is 9.88. The second-order valence-corrected chi connectivity index (χ2v) is 2.37. The number of ether oxygens (including phenoxy) is 2. The Morgan fingerprint density at radius 3 is 2.20 bits per heavy atom. The minimum Gasteiger partial charge on any atom is -0.478 e. The average Bonchev–Trinajstić information content (AvgIpc) is 2.18. The Balaban J connectivity index is 0. The van der Waals surface area contributed by atoms with Crippen LogP contribution < -0.4 is 0 Å². The van der Waals surface area contributed by atoms with E-state index < -0.39 is 5.97 Å². The van der Waals surface area contributed by atoms with Crippen molar-refractivity contribution in [3.05, 3.63) is 12.2 Å². The van der Waals surface area contributed by atoms with Crippen molar-refractivity contribution < 1.29 is 24.5 Å². The summed E-state index contributed by atoms with van der Waals surface area (Å²) in [5.41, 5.74) is 0. The summed E-state index contributed by atoms with van der Waals surface area (Å²) in [5.74, 6) is -0.891. The Bertz CT molecular complexity index is 150. The highest BCUT2D eigenvalue weighted by Gasteiger charge is 1.84. The van der Waals surface area contributed by atoms with Gasteiger partial charge in [-0.1, -0.05) is 6.08 Å². The largest absolute Gasteiger partial charge is 0.478 e. The van der Waals surface area contributed by atoms with Gasteiger partial charge in [0.05, 0.1) is 26.4 Å². The summed E-state index contributed by atoms with van der Waals surface area (Å²) >= 11 is 0. The van der Waals surface area contributed by atoms with Crippen LogP contribution in [0.4, 0.5) is 0 Å². The number of aliphatic hydroxyl groups excluding tert-OH is 1. The molecular formula is C10H20O5. The number of aliphatic carboxylic acids is 1. The number of rotatable bonds is 7. The highest BCUT2D eigenvalue weighted by atomic mass is 16.5. The summed E-state index contributed by atoms with van der Waals surface area (Å²) in [4.78, 5) is 9.51. The first-order chi connectivity index (χ1) is 7.18. The normalized spacial score (nSPS) is 9.80. The fraction of sp³-hybridized carbons (Fsp3) is 0.700. The summed E-state index contributed by atoms with van der Waals surface area (Å²) in [6.07, 6.45) is 2.56. The Hall–Kier alpha value is -0.910. The molecule has 0 heterocycles. The van der Waals surface area contributed by atoms with E-state index in [2.05, 4.69) is 0 Å². The van der Waals surface area contributed by atoms with E-state index in [9.17, 15) is 4.79 Å². The second-order valence-electron chi connectivity index (χ2n) is 2.37. The monoisotopic (exact) mass is 220 g/mol. The van der Waals surface area contributed by atoms with Crippen LogP contribution in [-0.4, -0.2) is 49.2 Å². The number of carboxylic acids is 1. The van der Waals surface area contributed by atoms with Crippen molar-refractivity contribution in [3.63, 3.8) is 0 Å². The molecule has 0 fully saturated rings. The van der Waals surface area contributed by atoms with Crippen LogP contribution in [0.25, 0.3) is 0 Å². The summed E-state index contributed by atoms with van der Waals surface area (Å²) in [6.45, 7) is 6.02. The predicted molar refractivity (Wildman–Crippen MR) is 56.8 cm³/mol. The van der Waals surface area contributed by atoms with Crippen LogP contribution in [0.2, 0.25) is 0 Å². The van der Waals surface area contributed by atoms with E-state index >= 15 is 0 Å². The number of carboxylic acid groups (broad SMARTS) is 1. The van der Waals surface area contributed by atoms with Crippen molar-refractivity contribution in [1.82, 2.24) is 0 Å². The molecule has 0 aliphatic heterocycles. The van der Waals surface area contributed by atoms with Gasteiger partial charge in [0, 0.05) is 12.7 Å². The third kappa shape index (κ3) is 24.6. The Labute approximate surface area is 90.3 Å². The van der Waals surface area contributed by atoms with Crippen LogP contribution >= 0.6 is 0 Å². The average molecular weight is 220 g/mol. The van der Waals surface area contributed by atoms with Gasteiger partial charge in [0.15, 0.2) is 0 Å². The number of aliphatic hydroxyl groups is 1. The molecule has 15 heavy (non-hydrogen) atoms. The van der Waals surface area contributed by atoms with Gasteiger partial charge < -0.3 is 19.7 Å². The molecule has 0 radical (unpaired) electrons. The maximum Gasteiger partial charge on any atom is 0.327 e. The maximum absolute atomic E-state index is 9.51. The van der Waals surface area contributed by atoms with Gasteiger partial charge in [-0.05, 0) is 13.8 Å². The molecule has 0 aromatic heterocycles. The van der Waals surface area contributed by atoms with Crippen LogP contribution in [-0.2, 0) is 14.3 Å². The topological polar surface area (TPSA) is 76.0 Å². The predicted octanol–water partition coefficient (Wildman–Crippen LogP) is 0.679. The molecule has 0 atom stereocenters. The molecular weight excluding hydrogens is 200 g/mol. The molecule has 0 saturated carbocycles. The fourth-order valence-electron chi connectivity index (χ4n) is 0.571. The molecule has 5 nitrogen and oxygen atoms in total. The number of carbonyl (C=O) groups is 1. The van der Waals surface area contributed by atoms with Gasteiger partial charge in [-0.25, -0.2) is 4.79 Å². The van der Waals surface area contributed by atoms with Crippen LogP contribution in [0.15, 0.2) is 12.2 Å². The molecule has 0 aromatic rings. The lowest BCUT2D eigenvalue weighted by Crippen LogP contribution is -2.06. The molecule has 0 aromatic carbocycles. The van der Waals surface area contributed by atoms with E-state index in [1.165, 1.54) is 6.08 Å². The van der Waals surface area contributed by atoms with Crippen molar-refractivity contribution in [1.29, 1.82) is 0 Å². The van der Waals surface area contributed by atoms with Crippen molar-refractivity contribution in [2.24, 2.45) is 0 Å². The van der Waals surface area contributed by atoms with Crippen LogP contribution in [0.1, 0.15) is 13.8 Å². The molecule has 0 spiro atoms. The third-order valence-electron chi connectivity index (χ3n) is 1.12. The highest BCUT2D eigenvalue weighted by Crippen LogP contribution is 1.76. The minimum atomic E-state index is -0.891. The van der Waals surface area contributed by atoms with Crippen LogP contribution in [0.5, 0.6) is 0 Å². The molecule has 0 aliphatic rings. The summed E-state index contributed by atoms with van der Waals surface area (Å²) in [7, 11) is 0. The maximum atomic E-state index is 9.51. The second kappa shape index (κ2) is 15.6. The molecule has 0 saturated heterocycles. The van der Waals surface area contributed by atoms with Crippen LogP contribution in [0.3, 0.4) is 0 Å². The minimum absolute atomic E-state index is 0.0894. The fourth-order valence-corrected chi connectivity index (χ4v) is 0.571. The lowest BCUT2D eigenvalue weighted by molar-refractivity contribution is -0.131. The van der Waals surface area contributed by atoms with Gasteiger partial charge in [0.1, 0.15) is 0 Å². The SMILES string of the molecule is CC=CC(=O)O.CCOCCOCCO. The first-order valence-corrected chi connectivity index (χ1v) is 4.81. The lowest BCUT2D eigenvalue weighted by atomic mass is 10.5. The molecule has 0 unspecified atom stereocenters. The van der Waals surface area contributed by atoms with Gasteiger partial charge in [0.2, 0.25) is 0 Å². The first-order valence-electron chi connectivity index (χ1n) is 4.81. The van der Waals surface area contributed by atoms with Crippen molar-refractivity contribution in [3.8, 4) is 0 Å². The number of allylic oxidation sites excluding steroid dienone is 1. The van der Waals surface area contributed by atoms with E-state index in [4.69, 9.17) is 19.7 Å². The van der Waals surface area contributed by atoms with Gasteiger partial charge in [-0.15, -0.1) is 0 Å². The molecule has 0 bridgehead atoms. The summed E-state index contributed by atoms with van der Waals surface area (Å²) in [5, 5.41) is 16.1. The smallest absolute Gasteiger partial charge is 0.327 e. The quantitative estimate of drug-likeness (QED) is 0.487. The van der Waals surface area contributed by atoms with Gasteiger partial charge in [-0.3, -0.25) is 0 Å². The number of hydrogen-bond acceptors (Lipinski definition) is 4. The zero-order chi connectivity index (χ0) is 11.9. The van der Waals surface area contributed by atoms with Crippen LogP contribution in [0, 0.1) is 0 Å². The molecule has 2 N–H and O–H groups in total. The molecule has 5 heteroatoms. The molecule has 0 aliphatic carbocycles. The standard InChI is InChI=1S/C6H14O3.C4H6O2/c1-2-8-5-6-9-4-3-7;1-2-3-4(5)6/h7H,2-6H2,1H3;2-3H,1H3,(H,5,6).